The van der Waals surface area contributed by atoms with E-state index in [0.717, 1.165) is 52.4 Å². The van der Waals surface area contributed by atoms with Gasteiger partial charge in [-0.05, 0) is 46.5 Å². The molecule has 0 amide bonds. The molecular weight excluding hydrogens is 673 g/mol. The molecule has 8 nitrogen and oxygen atoms in total. The Balaban J connectivity index is 0.805. The highest BCUT2D eigenvalue weighted by Gasteiger charge is 2.28. The van der Waals surface area contributed by atoms with Crippen molar-refractivity contribution in [3.8, 4) is 11.5 Å². The van der Waals surface area contributed by atoms with Gasteiger partial charge in [-0.15, -0.1) is 0 Å². The van der Waals surface area contributed by atoms with E-state index in [4.69, 9.17) is 9.47 Å². The number of aliphatic hydroxyl groups is 2. The number of aliphatic hydroxyl groups excluding tert-OH is 2. The van der Waals surface area contributed by atoms with Gasteiger partial charge in [-0.3, -0.25) is 19.6 Å². The Morgan fingerprint density at radius 3 is 0.944 bits per heavy atom. The van der Waals surface area contributed by atoms with E-state index < -0.39 is 12.2 Å². The maximum absolute atomic E-state index is 10.8. The number of hydrogen-bond donors (Lipinski definition) is 2. The van der Waals surface area contributed by atoms with Crippen LogP contribution in [0.1, 0.15) is 34.3 Å². The van der Waals surface area contributed by atoms with Crippen LogP contribution in [-0.4, -0.2) is 121 Å². The van der Waals surface area contributed by atoms with Crippen LogP contribution < -0.4 is 9.47 Å². The third kappa shape index (κ3) is 10.4. The van der Waals surface area contributed by atoms with Crippen molar-refractivity contribution in [3.63, 3.8) is 0 Å². The molecule has 2 aliphatic rings. The largest absolute Gasteiger partial charge is 0.491 e. The lowest BCUT2D eigenvalue weighted by molar-refractivity contribution is 0.0393. The number of β-amino-alcohol motifs (C(OH)–C–C–N with tert-alkyl or cyclic N) is 2. The Bertz CT molecular complexity index is 1570. The smallest absolute Gasteiger partial charge is 0.119 e. The van der Waals surface area contributed by atoms with Crippen LogP contribution in [0, 0.1) is 0 Å². The number of rotatable bonds is 16. The van der Waals surface area contributed by atoms with Crippen LogP contribution in [0.3, 0.4) is 0 Å². The molecule has 2 N–H and O–H groups in total. The van der Waals surface area contributed by atoms with Crippen LogP contribution in [0.2, 0.25) is 0 Å². The maximum Gasteiger partial charge on any atom is 0.119 e. The van der Waals surface area contributed by atoms with Gasteiger partial charge in [-0.25, -0.2) is 0 Å². The third-order valence-corrected chi connectivity index (χ3v) is 10.7. The molecule has 0 unspecified atom stereocenters. The first-order chi connectivity index (χ1) is 26.6. The van der Waals surface area contributed by atoms with Gasteiger partial charge in [0.25, 0.3) is 0 Å². The molecule has 2 atom stereocenters. The van der Waals surface area contributed by atoms with Gasteiger partial charge in [0, 0.05) is 65.4 Å². The first-order valence-corrected chi connectivity index (χ1v) is 19.4. The lowest BCUT2D eigenvalue weighted by Crippen LogP contribution is -2.50. The van der Waals surface area contributed by atoms with Gasteiger partial charge in [0.2, 0.25) is 0 Å². The number of ether oxygens (including phenoxy) is 2. The molecule has 0 saturated carbocycles. The molecule has 2 saturated heterocycles. The van der Waals surface area contributed by atoms with Crippen LogP contribution in [0.4, 0.5) is 0 Å². The van der Waals surface area contributed by atoms with Crippen LogP contribution in [0.15, 0.2) is 146 Å². The maximum atomic E-state index is 10.8. The normalized spacial score (nSPS) is 17.4. The van der Waals surface area contributed by atoms with Crippen LogP contribution >= 0.6 is 0 Å². The molecular formula is C46H54N4O4. The standard InChI is InChI=1S/C46H54N4O4/c51-41(33-47-25-29-49(30-26-47)45(37-13-5-1-6-14-37)38-15-7-2-8-16-38)35-53-43-21-23-44(24-22-43)54-36-42(52)34-48-27-31-50(32-28-48)46(39-17-9-3-10-18-39)40-19-11-4-12-20-40/h1-24,41-42,45-46,51-52H,25-36H2/t41-,42-/m1/s1. The fraction of sp³-hybridized carbons (Fsp3) is 0.348. The molecule has 0 radical (unpaired) electrons. The quantitative estimate of drug-likeness (QED) is 0.129. The van der Waals surface area contributed by atoms with Gasteiger partial charge < -0.3 is 19.7 Å². The molecule has 2 aliphatic heterocycles. The van der Waals surface area contributed by atoms with Gasteiger partial charge in [0.15, 0.2) is 0 Å². The molecule has 54 heavy (non-hydrogen) atoms. The predicted molar refractivity (Wildman–Crippen MR) is 215 cm³/mol. The highest BCUT2D eigenvalue weighted by molar-refractivity contribution is 5.34. The summed E-state index contributed by atoms with van der Waals surface area (Å²) in [7, 11) is 0. The van der Waals surface area contributed by atoms with Gasteiger partial charge in [-0.1, -0.05) is 121 Å². The fourth-order valence-corrected chi connectivity index (χ4v) is 7.90. The van der Waals surface area contributed by atoms with Gasteiger partial charge in [0.05, 0.1) is 12.1 Å². The second kappa shape index (κ2) is 19.2. The highest BCUT2D eigenvalue weighted by Crippen LogP contribution is 2.31. The second-order valence-electron chi connectivity index (χ2n) is 14.5. The van der Waals surface area contributed by atoms with Crippen LogP contribution in [0.5, 0.6) is 11.5 Å². The Kier molecular flexibility index (Phi) is 13.4. The third-order valence-electron chi connectivity index (χ3n) is 10.7. The molecule has 0 spiro atoms. The molecule has 7 rings (SSSR count). The van der Waals surface area contributed by atoms with E-state index in [0.29, 0.717) is 24.6 Å². The second-order valence-corrected chi connectivity index (χ2v) is 14.5. The van der Waals surface area contributed by atoms with E-state index in [-0.39, 0.29) is 25.3 Å². The zero-order valence-electron chi connectivity index (χ0n) is 31.2. The minimum Gasteiger partial charge on any atom is -0.491 e. The Morgan fingerprint density at radius 2 is 0.667 bits per heavy atom. The summed E-state index contributed by atoms with van der Waals surface area (Å²) in [5, 5.41) is 21.7. The zero-order chi connectivity index (χ0) is 37.0. The molecule has 2 fully saturated rings. The van der Waals surface area contributed by atoms with Gasteiger partial charge in [0.1, 0.15) is 36.9 Å². The molecule has 2 heterocycles. The summed E-state index contributed by atoms with van der Waals surface area (Å²) in [6.07, 6.45) is -1.18. The first kappa shape index (κ1) is 37.8. The zero-order valence-corrected chi connectivity index (χ0v) is 31.2. The molecule has 0 bridgehead atoms. The van der Waals surface area contributed by atoms with Crippen LogP contribution in [-0.2, 0) is 0 Å². The summed E-state index contributed by atoms with van der Waals surface area (Å²) in [6.45, 7) is 8.88. The number of piperazine rings is 2. The summed E-state index contributed by atoms with van der Waals surface area (Å²) in [4.78, 5) is 9.74. The van der Waals surface area contributed by atoms with Gasteiger partial charge in [-0.2, -0.15) is 0 Å². The average molecular weight is 727 g/mol. The summed E-state index contributed by atoms with van der Waals surface area (Å²) in [6, 6.07) is 50.8. The van der Waals surface area contributed by atoms with Crippen molar-refractivity contribution in [1.29, 1.82) is 0 Å². The van der Waals surface area contributed by atoms with Crippen molar-refractivity contribution in [3.05, 3.63) is 168 Å². The Labute approximate surface area is 320 Å². The highest BCUT2D eigenvalue weighted by atomic mass is 16.5. The molecule has 282 valence electrons. The molecule has 5 aromatic rings. The van der Waals surface area contributed by atoms with Crippen molar-refractivity contribution in [1.82, 2.24) is 19.6 Å². The Hall–Kier alpha value is -4.54. The molecule has 0 aliphatic carbocycles. The molecule has 8 heteroatoms. The van der Waals surface area contributed by atoms with E-state index in [1.165, 1.54) is 22.3 Å². The van der Waals surface area contributed by atoms with Gasteiger partial charge >= 0.3 is 0 Å². The topological polar surface area (TPSA) is 71.9 Å². The monoisotopic (exact) mass is 726 g/mol. The van der Waals surface area contributed by atoms with Crippen molar-refractivity contribution in [2.45, 2.75) is 24.3 Å². The lowest BCUT2D eigenvalue weighted by atomic mass is 9.96. The van der Waals surface area contributed by atoms with E-state index in [1.807, 2.05) is 24.3 Å². The van der Waals surface area contributed by atoms with Crippen molar-refractivity contribution in [2.75, 3.05) is 78.7 Å². The fourth-order valence-electron chi connectivity index (χ4n) is 7.90. The number of nitrogens with zero attached hydrogens (tertiary/aromatic N) is 4. The van der Waals surface area contributed by atoms with E-state index in [1.54, 1.807) is 0 Å². The SMILES string of the molecule is O[C@@H](COc1ccc(OC[C@H](O)CN2CCN(C(c3ccccc3)c3ccccc3)CC2)cc1)CN1CCN(C(c2ccccc2)c2ccccc2)CC1. The van der Waals surface area contributed by atoms with Crippen LogP contribution in [0.25, 0.3) is 0 Å². The Morgan fingerprint density at radius 1 is 0.389 bits per heavy atom. The first-order valence-electron chi connectivity index (χ1n) is 19.4. The average Bonchev–Trinajstić information content (AvgIpc) is 3.23. The van der Waals surface area contributed by atoms with Crippen molar-refractivity contribution < 1.29 is 19.7 Å². The van der Waals surface area contributed by atoms with E-state index in [2.05, 4.69) is 141 Å². The number of hydrogen-bond acceptors (Lipinski definition) is 8. The minimum atomic E-state index is -0.592. The summed E-state index contributed by atoms with van der Waals surface area (Å²) < 4.78 is 11.9. The lowest BCUT2D eigenvalue weighted by Gasteiger charge is -2.40. The summed E-state index contributed by atoms with van der Waals surface area (Å²) in [5.41, 5.74) is 5.22. The minimum absolute atomic E-state index is 0.221. The number of benzene rings is 5. The van der Waals surface area contributed by atoms with Crippen molar-refractivity contribution in [2.24, 2.45) is 0 Å². The summed E-state index contributed by atoms with van der Waals surface area (Å²) >= 11 is 0. The summed E-state index contributed by atoms with van der Waals surface area (Å²) in [5.74, 6) is 1.37. The van der Waals surface area contributed by atoms with E-state index in [9.17, 15) is 10.2 Å². The predicted octanol–water partition coefficient (Wildman–Crippen LogP) is 5.98. The van der Waals surface area contributed by atoms with Crippen molar-refractivity contribution >= 4 is 0 Å². The molecule has 5 aromatic carbocycles. The van der Waals surface area contributed by atoms with E-state index >= 15 is 0 Å². The molecule has 0 aromatic heterocycles.